The fourth-order valence-electron chi connectivity index (χ4n) is 3.71. The van der Waals surface area contributed by atoms with Crippen LogP contribution in [0.1, 0.15) is 22.5 Å². The van der Waals surface area contributed by atoms with Crippen LogP contribution in [0.2, 0.25) is 0 Å². The number of carbonyl (C=O) groups is 1. The normalized spacial score (nSPS) is 15.0. The molecule has 1 amide bonds. The summed E-state index contributed by atoms with van der Waals surface area (Å²) < 4.78 is 3.06. The van der Waals surface area contributed by atoms with Crippen molar-refractivity contribution >= 4 is 32.6 Å². The summed E-state index contributed by atoms with van der Waals surface area (Å²) >= 11 is 1.75. The highest BCUT2D eigenvalue weighted by molar-refractivity contribution is 7.22. The van der Waals surface area contributed by atoms with E-state index in [1.807, 2.05) is 24.8 Å². The van der Waals surface area contributed by atoms with Crippen LogP contribution in [-0.4, -0.2) is 51.8 Å². The zero-order chi connectivity index (χ0) is 19.1. The van der Waals surface area contributed by atoms with Crippen molar-refractivity contribution < 1.29 is 4.79 Å². The van der Waals surface area contributed by atoms with E-state index >= 15 is 0 Å². The molecule has 6 nitrogen and oxygen atoms in total. The molecule has 0 atom stereocenters. The molecule has 0 saturated carbocycles. The van der Waals surface area contributed by atoms with Gasteiger partial charge in [0.1, 0.15) is 6.54 Å². The van der Waals surface area contributed by atoms with Gasteiger partial charge in [-0.1, -0.05) is 17.4 Å². The Bertz CT molecular complexity index is 997. The van der Waals surface area contributed by atoms with E-state index in [1.54, 1.807) is 16.0 Å². The maximum absolute atomic E-state index is 12.6. The molecule has 7 heteroatoms. The van der Waals surface area contributed by atoms with Gasteiger partial charge in [-0.15, -0.1) is 0 Å². The summed E-state index contributed by atoms with van der Waals surface area (Å²) in [5.74, 6) is 0.136. The molecule has 0 unspecified atom stereocenters. The average molecular weight is 384 g/mol. The van der Waals surface area contributed by atoms with Gasteiger partial charge in [0, 0.05) is 31.9 Å². The van der Waals surface area contributed by atoms with E-state index in [0.29, 0.717) is 6.54 Å². The molecular weight excluding hydrogens is 358 g/mol. The molecule has 1 fully saturated rings. The van der Waals surface area contributed by atoms with Crippen molar-refractivity contribution in [3.05, 3.63) is 40.7 Å². The van der Waals surface area contributed by atoms with Gasteiger partial charge in [0.15, 0.2) is 5.13 Å². The van der Waals surface area contributed by atoms with E-state index in [4.69, 9.17) is 4.98 Å². The number of anilines is 1. The summed E-state index contributed by atoms with van der Waals surface area (Å²) in [4.78, 5) is 21.7. The molecule has 1 aliphatic heterocycles. The van der Waals surface area contributed by atoms with E-state index in [-0.39, 0.29) is 5.91 Å². The second kappa shape index (κ2) is 6.96. The lowest BCUT2D eigenvalue weighted by molar-refractivity contribution is -0.132. The van der Waals surface area contributed by atoms with Gasteiger partial charge in [-0.05, 0) is 51.0 Å². The van der Waals surface area contributed by atoms with Gasteiger partial charge in [-0.3, -0.25) is 9.48 Å². The molecule has 3 heterocycles. The average Bonchev–Trinajstić information content (AvgIpc) is 3.18. The van der Waals surface area contributed by atoms with E-state index < -0.39 is 0 Å². The smallest absolute Gasteiger partial charge is 0.244 e. The fraction of sp³-hybridized carbons (Fsp3) is 0.450. The van der Waals surface area contributed by atoms with Gasteiger partial charge in [0.05, 0.1) is 15.9 Å². The molecule has 1 aromatic carbocycles. The van der Waals surface area contributed by atoms with Crippen molar-refractivity contribution in [2.24, 2.45) is 0 Å². The van der Waals surface area contributed by atoms with Crippen LogP contribution in [0.5, 0.6) is 0 Å². The minimum Gasteiger partial charge on any atom is -0.345 e. The van der Waals surface area contributed by atoms with Crippen LogP contribution in [0, 0.1) is 27.7 Å². The van der Waals surface area contributed by atoms with Gasteiger partial charge >= 0.3 is 0 Å². The zero-order valence-corrected chi connectivity index (χ0v) is 17.1. The molecule has 0 spiro atoms. The molecular formula is C20H25N5OS. The van der Waals surface area contributed by atoms with Crippen LogP contribution in [0.4, 0.5) is 5.13 Å². The maximum atomic E-state index is 12.6. The number of hydrogen-bond donors (Lipinski definition) is 0. The highest BCUT2D eigenvalue weighted by Crippen LogP contribution is 2.32. The third kappa shape index (κ3) is 3.56. The predicted molar refractivity (Wildman–Crippen MR) is 110 cm³/mol. The van der Waals surface area contributed by atoms with Gasteiger partial charge < -0.3 is 9.80 Å². The Morgan fingerprint density at radius 3 is 2.48 bits per heavy atom. The summed E-state index contributed by atoms with van der Waals surface area (Å²) in [7, 11) is 0. The Kier molecular flexibility index (Phi) is 4.63. The Labute approximate surface area is 163 Å². The molecule has 1 aliphatic rings. The lowest BCUT2D eigenvalue weighted by Crippen LogP contribution is -2.49. The van der Waals surface area contributed by atoms with Crippen LogP contribution in [0.3, 0.4) is 0 Å². The first kappa shape index (κ1) is 18.0. The molecule has 3 aromatic rings. The number of hydrogen-bond acceptors (Lipinski definition) is 5. The van der Waals surface area contributed by atoms with Gasteiger partial charge in [0.2, 0.25) is 5.91 Å². The van der Waals surface area contributed by atoms with Gasteiger partial charge in [-0.25, -0.2) is 4.98 Å². The zero-order valence-electron chi connectivity index (χ0n) is 16.3. The Hall–Kier alpha value is -2.41. The standard InChI is InChI=1S/C20H25N5OS/c1-13-9-14(2)19-17(10-13)21-20(27-19)24-7-5-23(6-8-24)18(26)12-25-16(4)11-15(3)22-25/h9-11H,5-8,12H2,1-4H3. The van der Waals surface area contributed by atoms with Crippen molar-refractivity contribution in [3.8, 4) is 0 Å². The van der Waals surface area contributed by atoms with Crippen LogP contribution in [0.15, 0.2) is 18.2 Å². The first-order chi connectivity index (χ1) is 12.9. The second-order valence-electron chi connectivity index (χ2n) is 7.38. The Balaban J connectivity index is 1.42. The number of fused-ring (bicyclic) bond motifs is 1. The lowest BCUT2D eigenvalue weighted by Gasteiger charge is -2.34. The number of carbonyl (C=O) groups excluding carboxylic acids is 1. The molecule has 142 valence electrons. The molecule has 0 radical (unpaired) electrons. The topological polar surface area (TPSA) is 54.3 Å². The minimum atomic E-state index is 0.136. The number of piperazine rings is 1. The van der Waals surface area contributed by atoms with Crippen molar-refractivity contribution in [2.75, 3.05) is 31.1 Å². The second-order valence-corrected chi connectivity index (χ2v) is 8.36. The summed E-state index contributed by atoms with van der Waals surface area (Å²) in [6.07, 6.45) is 0. The highest BCUT2D eigenvalue weighted by atomic mass is 32.1. The monoisotopic (exact) mass is 383 g/mol. The van der Waals surface area contributed by atoms with Gasteiger partial charge in [-0.2, -0.15) is 5.10 Å². The van der Waals surface area contributed by atoms with E-state index in [1.165, 1.54) is 15.8 Å². The number of nitrogens with zero attached hydrogens (tertiary/aromatic N) is 5. The van der Waals surface area contributed by atoms with Gasteiger partial charge in [0.25, 0.3) is 0 Å². The highest BCUT2D eigenvalue weighted by Gasteiger charge is 2.24. The number of thiazole rings is 1. The Morgan fingerprint density at radius 1 is 1.07 bits per heavy atom. The summed E-state index contributed by atoms with van der Waals surface area (Å²) in [5, 5.41) is 5.46. The molecule has 27 heavy (non-hydrogen) atoms. The predicted octanol–water partition coefficient (Wildman–Crippen LogP) is 3.08. The van der Waals surface area contributed by atoms with E-state index in [9.17, 15) is 4.79 Å². The number of rotatable bonds is 3. The maximum Gasteiger partial charge on any atom is 0.244 e. The van der Waals surface area contributed by atoms with Crippen molar-refractivity contribution in [1.29, 1.82) is 0 Å². The van der Waals surface area contributed by atoms with Crippen molar-refractivity contribution in [3.63, 3.8) is 0 Å². The number of aromatic nitrogens is 3. The first-order valence-electron chi connectivity index (χ1n) is 9.32. The SMILES string of the molecule is Cc1cc(C)c2sc(N3CCN(C(=O)Cn4nc(C)cc4C)CC3)nc2c1. The molecule has 0 bridgehead atoms. The van der Waals surface area contributed by atoms with Crippen molar-refractivity contribution in [1.82, 2.24) is 19.7 Å². The fourth-order valence-corrected chi connectivity index (χ4v) is 4.78. The minimum absolute atomic E-state index is 0.136. The van der Waals surface area contributed by atoms with Crippen LogP contribution in [0.25, 0.3) is 10.2 Å². The number of amides is 1. The molecule has 1 saturated heterocycles. The molecule has 4 rings (SSSR count). The van der Waals surface area contributed by atoms with E-state index in [0.717, 1.165) is 48.2 Å². The van der Waals surface area contributed by atoms with Crippen LogP contribution in [-0.2, 0) is 11.3 Å². The lowest BCUT2D eigenvalue weighted by atomic mass is 10.1. The van der Waals surface area contributed by atoms with Crippen LogP contribution >= 0.6 is 11.3 Å². The third-order valence-corrected chi connectivity index (χ3v) is 6.37. The largest absolute Gasteiger partial charge is 0.345 e. The number of benzene rings is 1. The molecule has 0 N–H and O–H groups in total. The summed E-state index contributed by atoms with van der Waals surface area (Å²) in [6, 6.07) is 6.36. The van der Waals surface area contributed by atoms with E-state index in [2.05, 4.69) is 36.0 Å². The summed E-state index contributed by atoms with van der Waals surface area (Å²) in [6.45, 7) is 11.6. The quantitative estimate of drug-likeness (QED) is 0.697. The Morgan fingerprint density at radius 2 is 1.81 bits per heavy atom. The first-order valence-corrected chi connectivity index (χ1v) is 10.1. The third-order valence-electron chi connectivity index (χ3n) is 5.10. The number of aryl methyl sites for hydroxylation is 4. The summed E-state index contributed by atoms with van der Waals surface area (Å²) in [5.41, 5.74) is 5.59. The molecule has 0 aliphatic carbocycles. The van der Waals surface area contributed by atoms with Crippen molar-refractivity contribution in [2.45, 2.75) is 34.2 Å². The van der Waals surface area contributed by atoms with Crippen LogP contribution < -0.4 is 4.90 Å². The molecule has 2 aromatic heterocycles.